The van der Waals surface area contributed by atoms with Crippen molar-refractivity contribution in [3.05, 3.63) is 23.0 Å². The van der Waals surface area contributed by atoms with Gasteiger partial charge in [0, 0.05) is 18.8 Å². The zero-order valence-electron chi connectivity index (χ0n) is 12.8. The topological polar surface area (TPSA) is 97.5 Å². The molecule has 1 amide bonds. The summed E-state index contributed by atoms with van der Waals surface area (Å²) in [4.78, 5) is 15.9. The molecule has 124 valence electrons. The molecular weight excluding hydrogens is 306 g/mol. The molecule has 0 aromatic carbocycles. The second kappa shape index (κ2) is 10.4. The van der Waals surface area contributed by atoms with Gasteiger partial charge in [-0.3, -0.25) is 4.79 Å². The predicted molar refractivity (Wildman–Crippen MR) is 87.0 cm³/mol. The van der Waals surface area contributed by atoms with Gasteiger partial charge in [-0.15, -0.1) is 0 Å². The Bertz CT molecular complexity index is 443. The number of ether oxygens (including phenoxy) is 1. The number of carbonyl (C=O) groups is 1. The van der Waals surface area contributed by atoms with Gasteiger partial charge >= 0.3 is 0 Å². The summed E-state index contributed by atoms with van der Waals surface area (Å²) in [5.74, 6) is -0.189. The molecule has 1 fully saturated rings. The molecule has 7 heteroatoms. The van der Waals surface area contributed by atoms with Crippen molar-refractivity contribution in [1.82, 2.24) is 10.3 Å². The number of nitrogens with zero attached hydrogens (tertiary/aromatic N) is 1. The number of methoxy groups -OCH3 is 1. The number of nitrogen functional groups attached to an aromatic ring is 1. The Balaban J connectivity index is 0.000000422. The van der Waals surface area contributed by atoms with E-state index in [-0.39, 0.29) is 23.7 Å². The van der Waals surface area contributed by atoms with Gasteiger partial charge in [-0.25, -0.2) is 4.98 Å². The van der Waals surface area contributed by atoms with Gasteiger partial charge in [-0.05, 0) is 25.0 Å². The van der Waals surface area contributed by atoms with E-state index in [0.29, 0.717) is 18.0 Å². The lowest BCUT2D eigenvalue weighted by Crippen LogP contribution is -2.36. The predicted octanol–water partition coefficient (Wildman–Crippen LogP) is 2.00. The minimum Gasteiger partial charge on any atom is -0.399 e. The third-order valence-corrected chi connectivity index (χ3v) is 3.48. The Morgan fingerprint density at radius 2 is 2.14 bits per heavy atom. The lowest BCUT2D eigenvalue weighted by Gasteiger charge is -2.22. The van der Waals surface area contributed by atoms with Crippen LogP contribution < -0.4 is 11.1 Å². The summed E-state index contributed by atoms with van der Waals surface area (Å²) in [5, 5.41) is 11.2. The number of nitrogens with one attached hydrogen (secondary N) is 1. The number of aliphatic hydroxyl groups is 1. The Hall–Kier alpha value is -1.37. The first kappa shape index (κ1) is 18.7. The Morgan fingerprint density at radius 1 is 1.45 bits per heavy atom. The molecule has 0 unspecified atom stereocenters. The highest BCUT2D eigenvalue weighted by Gasteiger charge is 2.17. The van der Waals surface area contributed by atoms with Crippen LogP contribution in [0.15, 0.2) is 12.1 Å². The lowest BCUT2D eigenvalue weighted by atomic mass is 9.95. The third-order valence-electron chi connectivity index (χ3n) is 3.28. The SMILES string of the molecule is COCCO.Nc1cc(Cl)nc(C(=O)NC2CCCCC2)c1. The number of carbonyl (C=O) groups excluding carboxylic acids is 1. The third kappa shape index (κ3) is 7.06. The fraction of sp³-hybridized carbons (Fsp3) is 0.600. The van der Waals surface area contributed by atoms with Crippen LogP contribution in [0, 0.1) is 0 Å². The number of amides is 1. The van der Waals surface area contributed by atoms with E-state index in [0.717, 1.165) is 12.8 Å². The Morgan fingerprint density at radius 3 is 2.64 bits per heavy atom. The van der Waals surface area contributed by atoms with Gasteiger partial charge in [0.2, 0.25) is 0 Å². The van der Waals surface area contributed by atoms with Crippen LogP contribution in [0.2, 0.25) is 5.15 Å². The first-order valence-electron chi connectivity index (χ1n) is 7.40. The van der Waals surface area contributed by atoms with Crippen LogP contribution in [-0.2, 0) is 4.74 Å². The van der Waals surface area contributed by atoms with Crippen LogP contribution in [0.5, 0.6) is 0 Å². The maximum atomic E-state index is 11.9. The average molecular weight is 330 g/mol. The van der Waals surface area contributed by atoms with E-state index in [9.17, 15) is 4.79 Å². The normalized spacial score (nSPS) is 14.9. The zero-order chi connectivity index (χ0) is 16.4. The number of nitrogens with two attached hydrogens (primary N) is 1. The van der Waals surface area contributed by atoms with Gasteiger partial charge in [0.1, 0.15) is 10.8 Å². The molecule has 1 aromatic heterocycles. The number of anilines is 1. The summed E-state index contributed by atoms with van der Waals surface area (Å²) in [6, 6.07) is 3.33. The van der Waals surface area contributed by atoms with Crippen molar-refractivity contribution in [2.45, 2.75) is 38.1 Å². The molecule has 0 saturated heterocycles. The van der Waals surface area contributed by atoms with Crippen molar-refractivity contribution in [3.63, 3.8) is 0 Å². The van der Waals surface area contributed by atoms with E-state index in [1.807, 2.05) is 0 Å². The summed E-state index contributed by atoms with van der Waals surface area (Å²) in [5.41, 5.74) is 6.38. The highest BCUT2D eigenvalue weighted by molar-refractivity contribution is 6.29. The first-order chi connectivity index (χ1) is 10.6. The number of hydrogen-bond acceptors (Lipinski definition) is 5. The highest BCUT2D eigenvalue weighted by Crippen LogP contribution is 2.18. The van der Waals surface area contributed by atoms with E-state index in [1.54, 1.807) is 13.2 Å². The molecule has 0 atom stereocenters. The van der Waals surface area contributed by atoms with Gasteiger partial charge in [0.15, 0.2) is 0 Å². The van der Waals surface area contributed by atoms with Gasteiger partial charge in [0.05, 0.1) is 13.2 Å². The number of pyridine rings is 1. The largest absolute Gasteiger partial charge is 0.399 e. The van der Waals surface area contributed by atoms with Crippen LogP contribution in [0.1, 0.15) is 42.6 Å². The second-order valence-corrected chi connectivity index (χ2v) is 5.52. The number of aliphatic hydroxyl groups excluding tert-OH is 1. The lowest BCUT2D eigenvalue weighted by molar-refractivity contribution is 0.0922. The van der Waals surface area contributed by atoms with Crippen LogP contribution in [0.25, 0.3) is 0 Å². The first-order valence-corrected chi connectivity index (χ1v) is 7.78. The molecule has 4 N–H and O–H groups in total. The monoisotopic (exact) mass is 329 g/mol. The van der Waals surface area contributed by atoms with E-state index in [2.05, 4.69) is 15.0 Å². The van der Waals surface area contributed by atoms with E-state index in [4.69, 9.17) is 22.4 Å². The van der Waals surface area contributed by atoms with E-state index >= 15 is 0 Å². The van der Waals surface area contributed by atoms with Crippen molar-refractivity contribution in [2.24, 2.45) is 0 Å². The molecule has 1 aliphatic rings. The molecule has 1 saturated carbocycles. The summed E-state index contributed by atoms with van der Waals surface area (Å²) < 4.78 is 4.44. The summed E-state index contributed by atoms with van der Waals surface area (Å²) in [6.45, 7) is 0.566. The number of halogens is 1. The fourth-order valence-corrected chi connectivity index (χ4v) is 2.45. The molecule has 1 heterocycles. The van der Waals surface area contributed by atoms with Crippen LogP contribution in [-0.4, -0.2) is 42.4 Å². The van der Waals surface area contributed by atoms with Crippen molar-refractivity contribution >= 4 is 23.2 Å². The zero-order valence-corrected chi connectivity index (χ0v) is 13.6. The maximum Gasteiger partial charge on any atom is 0.270 e. The molecule has 0 radical (unpaired) electrons. The smallest absolute Gasteiger partial charge is 0.270 e. The van der Waals surface area contributed by atoms with Crippen molar-refractivity contribution in [1.29, 1.82) is 0 Å². The van der Waals surface area contributed by atoms with E-state index in [1.165, 1.54) is 25.3 Å². The molecule has 22 heavy (non-hydrogen) atoms. The van der Waals surface area contributed by atoms with Crippen molar-refractivity contribution < 1.29 is 14.6 Å². The molecule has 6 nitrogen and oxygen atoms in total. The quantitative estimate of drug-likeness (QED) is 0.734. The van der Waals surface area contributed by atoms with Crippen LogP contribution in [0.4, 0.5) is 5.69 Å². The highest BCUT2D eigenvalue weighted by atomic mass is 35.5. The van der Waals surface area contributed by atoms with Gasteiger partial charge in [0.25, 0.3) is 5.91 Å². The van der Waals surface area contributed by atoms with Crippen molar-refractivity contribution in [3.8, 4) is 0 Å². The number of hydrogen-bond donors (Lipinski definition) is 3. The minimum absolute atomic E-state index is 0.122. The number of rotatable bonds is 4. The van der Waals surface area contributed by atoms with Crippen LogP contribution >= 0.6 is 11.6 Å². The Kier molecular flexibility index (Phi) is 8.81. The number of aromatic nitrogens is 1. The van der Waals surface area contributed by atoms with Gasteiger partial charge in [-0.1, -0.05) is 30.9 Å². The molecule has 1 aromatic rings. The van der Waals surface area contributed by atoms with Gasteiger partial charge < -0.3 is 20.9 Å². The molecular formula is C15H24ClN3O3. The average Bonchev–Trinajstić information content (AvgIpc) is 2.49. The van der Waals surface area contributed by atoms with Crippen molar-refractivity contribution in [2.75, 3.05) is 26.1 Å². The summed E-state index contributed by atoms with van der Waals surface area (Å²) in [7, 11) is 1.55. The van der Waals surface area contributed by atoms with E-state index < -0.39 is 0 Å². The molecule has 1 aliphatic carbocycles. The van der Waals surface area contributed by atoms with Gasteiger partial charge in [-0.2, -0.15) is 0 Å². The molecule has 0 spiro atoms. The standard InChI is InChI=1S/C12H16ClN3O.C3H8O2/c13-11-7-8(14)6-10(16-11)12(17)15-9-4-2-1-3-5-9;1-5-3-2-4/h6-7,9H,1-5H2,(H2,14,16)(H,15,17);4H,2-3H2,1H3. The fourth-order valence-electron chi connectivity index (χ4n) is 2.23. The Labute approximate surface area is 136 Å². The molecule has 2 rings (SSSR count). The summed E-state index contributed by atoms with van der Waals surface area (Å²) in [6.07, 6.45) is 5.70. The molecule has 0 aliphatic heterocycles. The molecule has 0 bridgehead atoms. The second-order valence-electron chi connectivity index (χ2n) is 5.13. The minimum atomic E-state index is -0.189. The summed E-state index contributed by atoms with van der Waals surface area (Å²) >= 11 is 5.77. The maximum absolute atomic E-state index is 11.9. The van der Waals surface area contributed by atoms with Crippen LogP contribution in [0.3, 0.4) is 0 Å².